The summed E-state index contributed by atoms with van der Waals surface area (Å²) in [5.41, 5.74) is 0. The predicted octanol–water partition coefficient (Wildman–Crippen LogP) is 1.26. The Hall–Kier alpha value is -0.770. The highest BCUT2D eigenvalue weighted by Gasteiger charge is 2.10. The van der Waals surface area contributed by atoms with Crippen molar-refractivity contribution < 1.29 is 14.3 Å². The molecule has 1 heterocycles. The maximum atomic E-state index is 10.6. The van der Waals surface area contributed by atoms with Crippen LogP contribution in [0.2, 0.25) is 0 Å². The van der Waals surface area contributed by atoms with E-state index in [9.17, 15) is 4.79 Å². The summed E-state index contributed by atoms with van der Waals surface area (Å²) in [6.07, 6.45) is 3.27. The van der Waals surface area contributed by atoms with Gasteiger partial charge >= 0.3 is 6.16 Å². The van der Waals surface area contributed by atoms with Crippen LogP contribution in [0, 0.1) is 0 Å². The maximum absolute atomic E-state index is 10.6. The number of ether oxygens (including phenoxy) is 2. The van der Waals surface area contributed by atoms with E-state index in [0.29, 0.717) is 6.61 Å². The Kier molecular flexibility index (Phi) is 4.60. The van der Waals surface area contributed by atoms with Crippen LogP contribution in [0.15, 0.2) is 0 Å². The lowest BCUT2D eigenvalue weighted by Crippen LogP contribution is -2.33. The van der Waals surface area contributed by atoms with Crippen molar-refractivity contribution in [3.63, 3.8) is 0 Å². The number of methoxy groups -OCH3 is 1. The quantitative estimate of drug-likeness (QED) is 0.623. The zero-order valence-corrected chi connectivity index (χ0v) is 8.12. The number of likely N-dealkylation sites (tertiary alicyclic amines) is 1. The molecule has 1 aliphatic heterocycles. The Morgan fingerprint density at radius 1 is 1.31 bits per heavy atom. The summed E-state index contributed by atoms with van der Waals surface area (Å²) in [7, 11) is 1.32. The number of nitrogens with zero attached hydrogens (tertiary/aromatic N) is 1. The number of rotatable bonds is 3. The van der Waals surface area contributed by atoms with E-state index >= 15 is 0 Å². The third-order valence-electron chi connectivity index (χ3n) is 2.24. The third kappa shape index (κ3) is 4.12. The zero-order valence-electron chi connectivity index (χ0n) is 8.12. The van der Waals surface area contributed by atoms with Crippen molar-refractivity contribution in [2.24, 2.45) is 0 Å². The molecule has 1 saturated heterocycles. The molecule has 0 saturated carbocycles. The third-order valence-corrected chi connectivity index (χ3v) is 2.24. The van der Waals surface area contributed by atoms with E-state index in [1.807, 2.05) is 0 Å². The number of piperidine rings is 1. The molecule has 0 N–H and O–H groups in total. The first-order chi connectivity index (χ1) is 6.33. The van der Waals surface area contributed by atoms with Crippen molar-refractivity contribution in [1.29, 1.82) is 0 Å². The van der Waals surface area contributed by atoms with Gasteiger partial charge in [-0.1, -0.05) is 6.42 Å². The van der Waals surface area contributed by atoms with Gasteiger partial charge in [-0.15, -0.1) is 0 Å². The van der Waals surface area contributed by atoms with E-state index in [4.69, 9.17) is 4.74 Å². The van der Waals surface area contributed by atoms with Crippen molar-refractivity contribution >= 4 is 6.16 Å². The lowest BCUT2D eigenvalue weighted by atomic mass is 10.1. The Balaban J connectivity index is 2.01. The summed E-state index contributed by atoms with van der Waals surface area (Å²) in [5.74, 6) is 0. The van der Waals surface area contributed by atoms with Crippen LogP contribution in [0.1, 0.15) is 19.3 Å². The molecular weight excluding hydrogens is 170 g/mol. The molecule has 0 spiro atoms. The second-order valence-corrected chi connectivity index (χ2v) is 3.20. The van der Waals surface area contributed by atoms with E-state index in [1.54, 1.807) is 0 Å². The van der Waals surface area contributed by atoms with E-state index in [0.717, 1.165) is 19.6 Å². The summed E-state index contributed by atoms with van der Waals surface area (Å²) in [4.78, 5) is 12.9. The summed E-state index contributed by atoms with van der Waals surface area (Å²) >= 11 is 0. The summed E-state index contributed by atoms with van der Waals surface area (Å²) in [6.45, 7) is 3.52. The smallest absolute Gasteiger partial charge is 0.438 e. The Morgan fingerprint density at radius 3 is 2.62 bits per heavy atom. The van der Waals surface area contributed by atoms with Crippen LogP contribution in [0.4, 0.5) is 4.79 Å². The summed E-state index contributed by atoms with van der Waals surface area (Å²) in [5, 5.41) is 0. The van der Waals surface area contributed by atoms with Gasteiger partial charge in [-0.3, -0.25) is 4.90 Å². The highest BCUT2D eigenvalue weighted by Crippen LogP contribution is 2.07. The zero-order chi connectivity index (χ0) is 9.52. The first-order valence-corrected chi connectivity index (χ1v) is 4.76. The summed E-state index contributed by atoms with van der Waals surface area (Å²) in [6, 6.07) is 0. The highest BCUT2D eigenvalue weighted by molar-refractivity contribution is 5.59. The van der Waals surface area contributed by atoms with E-state index in [1.165, 1.54) is 26.4 Å². The maximum Gasteiger partial charge on any atom is 0.508 e. The van der Waals surface area contributed by atoms with Gasteiger partial charge in [0.25, 0.3) is 0 Å². The molecule has 0 aromatic carbocycles. The van der Waals surface area contributed by atoms with Crippen LogP contribution in [0.5, 0.6) is 0 Å². The van der Waals surface area contributed by atoms with Gasteiger partial charge in [-0.2, -0.15) is 0 Å². The highest BCUT2D eigenvalue weighted by atomic mass is 16.7. The van der Waals surface area contributed by atoms with Gasteiger partial charge in [-0.25, -0.2) is 4.79 Å². The van der Waals surface area contributed by atoms with Crippen LogP contribution in [0.25, 0.3) is 0 Å². The predicted molar refractivity (Wildman–Crippen MR) is 48.6 cm³/mol. The number of carbonyl (C=O) groups excluding carboxylic acids is 1. The normalized spacial score (nSPS) is 18.2. The molecule has 0 unspecified atom stereocenters. The molecule has 0 aliphatic carbocycles. The van der Waals surface area contributed by atoms with Gasteiger partial charge in [0, 0.05) is 6.54 Å². The Morgan fingerprint density at radius 2 is 2.00 bits per heavy atom. The molecule has 0 radical (unpaired) electrons. The van der Waals surface area contributed by atoms with Crippen molar-refractivity contribution in [2.75, 3.05) is 33.4 Å². The Labute approximate surface area is 78.8 Å². The second kappa shape index (κ2) is 5.80. The van der Waals surface area contributed by atoms with E-state index in [-0.39, 0.29) is 0 Å². The molecule has 0 amide bonds. The standard InChI is InChI=1S/C9H17NO3/c1-12-9(11)13-8-7-10-5-3-2-4-6-10/h2-8H2,1H3. The molecule has 0 aromatic heterocycles. The lowest BCUT2D eigenvalue weighted by molar-refractivity contribution is 0.0615. The van der Waals surface area contributed by atoms with Gasteiger partial charge in [0.05, 0.1) is 7.11 Å². The number of carbonyl (C=O) groups is 1. The topological polar surface area (TPSA) is 38.8 Å². The van der Waals surface area contributed by atoms with Crippen LogP contribution in [-0.2, 0) is 9.47 Å². The fourth-order valence-electron chi connectivity index (χ4n) is 1.50. The average Bonchev–Trinajstić information content (AvgIpc) is 2.19. The van der Waals surface area contributed by atoms with E-state index in [2.05, 4.69) is 9.64 Å². The van der Waals surface area contributed by atoms with Crippen molar-refractivity contribution in [3.8, 4) is 0 Å². The second-order valence-electron chi connectivity index (χ2n) is 3.20. The minimum Gasteiger partial charge on any atom is -0.438 e. The molecule has 1 aliphatic rings. The minimum absolute atomic E-state index is 0.437. The van der Waals surface area contributed by atoms with Crippen molar-refractivity contribution in [1.82, 2.24) is 4.90 Å². The van der Waals surface area contributed by atoms with Crippen LogP contribution >= 0.6 is 0 Å². The fraction of sp³-hybridized carbons (Fsp3) is 0.889. The van der Waals surface area contributed by atoms with Crippen molar-refractivity contribution in [2.45, 2.75) is 19.3 Å². The van der Waals surface area contributed by atoms with Gasteiger partial charge in [0.15, 0.2) is 0 Å². The first kappa shape index (κ1) is 10.3. The lowest BCUT2D eigenvalue weighted by Gasteiger charge is -2.25. The van der Waals surface area contributed by atoms with Crippen LogP contribution < -0.4 is 0 Å². The molecule has 0 aromatic rings. The van der Waals surface area contributed by atoms with Gasteiger partial charge in [0.1, 0.15) is 6.61 Å². The average molecular weight is 187 g/mol. The molecule has 4 heteroatoms. The van der Waals surface area contributed by atoms with Gasteiger partial charge in [-0.05, 0) is 25.9 Å². The number of hydrogen-bond donors (Lipinski definition) is 0. The van der Waals surface area contributed by atoms with Crippen LogP contribution in [-0.4, -0.2) is 44.4 Å². The molecule has 1 rings (SSSR count). The fourth-order valence-corrected chi connectivity index (χ4v) is 1.50. The van der Waals surface area contributed by atoms with E-state index < -0.39 is 6.16 Å². The van der Waals surface area contributed by atoms with Crippen LogP contribution in [0.3, 0.4) is 0 Å². The largest absolute Gasteiger partial charge is 0.508 e. The molecule has 1 fully saturated rings. The van der Waals surface area contributed by atoms with Crippen molar-refractivity contribution in [3.05, 3.63) is 0 Å². The van der Waals surface area contributed by atoms with Gasteiger partial charge < -0.3 is 9.47 Å². The molecule has 0 bridgehead atoms. The monoisotopic (exact) mass is 187 g/mol. The molecule has 76 valence electrons. The van der Waals surface area contributed by atoms with Gasteiger partial charge in [0.2, 0.25) is 0 Å². The molecule has 4 nitrogen and oxygen atoms in total. The Bertz CT molecular complexity index is 155. The first-order valence-electron chi connectivity index (χ1n) is 4.76. The summed E-state index contributed by atoms with van der Waals surface area (Å²) < 4.78 is 9.15. The number of hydrogen-bond acceptors (Lipinski definition) is 4. The molecule has 13 heavy (non-hydrogen) atoms. The molecular formula is C9H17NO3. The minimum atomic E-state index is -0.586. The SMILES string of the molecule is COC(=O)OCCN1CCCCC1. The molecule has 0 atom stereocenters.